The van der Waals surface area contributed by atoms with Crippen LogP contribution < -0.4 is 4.74 Å². The first kappa shape index (κ1) is 22.3. The highest BCUT2D eigenvalue weighted by Gasteiger charge is 2.34. The molecule has 1 atom stereocenters. The van der Waals surface area contributed by atoms with Crippen molar-refractivity contribution < 1.29 is 27.4 Å². The van der Waals surface area contributed by atoms with E-state index in [1.165, 1.54) is 61.3 Å². The minimum atomic E-state index is -4.76. The van der Waals surface area contributed by atoms with Gasteiger partial charge in [-0.25, -0.2) is 14.4 Å². The maximum atomic E-state index is 13.3. The summed E-state index contributed by atoms with van der Waals surface area (Å²) in [5, 5.41) is 11.6. The topological polar surface area (TPSA) is 68.1 Å². The third-order valence-corrected chi connectivity index (χ3v) is 5.02. The Balaban J connectivity index is 1.64. The molecule has 0 radical (unpaired) electrons. The highest BCUT2D eigenvalue weighted by atomic mass is 19.4. The zero-order valence-corrected chi connectivity index (χ0v) is 17.0. The average molecular weight is 455 g/mol. The summed E-state index contributed by atoms with van der Waals surface area (Å²) in [7, 11) is 0. The van der Waals surface area contributed by atoms with Crippen LogP contribution in [0.15, 0.2) is 85.6 Å². The summed E-state index contributed by atoms with van der Waals surface area (Å²) in [6.45, 7) is 0. The molecule has 2 aromatic carbocycles. The third-order valence-electron chi connectivity index (χ3n) is 5.02. The van der Waals surface area contributed by atoms with Crippen LogP contribution in [0.1, 0.15) is 16.8 Å². The molecule has 0 amide bonds. The number of nitrogens with zero attached hydrogens (tertiary/aromatic N) is 3. The Hall–Kier alpha value is -3.85. The number of ether oxygens (including phenoxy) is 1. The first-order chi connectivity index (χ1) is 15.7. The Morgan fingerprint density at radius 3 is 2.00 bits per heavy atom. The van der Waals surface area contributed by atoms with Gasteiger partial charge in [0.2, 0.25) is 0 Å². The van der Waals surface area contributed by atoms with E-state index in [9.17, 15) is 22.7 Å². The monoisotopic (exact) mass is 455 g/mol. The molecule has 4 rings (SSSR count). The van der Waals surface area contributed by atoms with Crippen LogP contribution in [0.2, 0.25) is 0 Å². The summed E-state index contributed by atoms with van der Waals surface area (Å²) in [5.74, 6) is -0.715. The highest BCUT2D eigenvalue weighted by Crippen LogP contribution is 2.33. The van der Waals surface area contributed by atoms with Crippen molar-refractivity contribution in [3.05, 3.63) is 108 Å². The van der Waals surface area contributed by atoms with Gasteiger partial charge in [-0.2, -0.15) is 0 Å². The van der Waals surface area contributed by atoms with Crippen LogP contribution >= 0.6 is 0 Å². The van der Waals surface area contributed by atoms with Gasteiger partial charge in [0.25, 0.3) is 0 Å². The molecule has 0 saturated carbocycles. The number of hydrogen-bond donors (Lipinski definition) is 1. The number of benzene rings is 2. The SMILES string of the molecule is OC(Cc1ccc(F)cc1)(c1cncnc1)c1ccc(-c2ccc(OC(F)(F)F)cc2)cn1. The molecule has 1 unspecified atom stereocenters. The lowest BCUT2D eigenvalue weighted by molar-refractivity contribution is -0.274. The lowest BCUT2D eigenvalue weighted by Crippen LogP contribution is -2.31. The van der Waals surface area contributed by atoms with Crippen molar-refractivity contribution in [2.45, 2.75) is 18.4 Å². The maximum absolute atomic E-state index is 13.3. The molecule has 9 heteroatoms. The molecule has 0 bridgehead atoms. The fourth-order valence-corrected chi connectivity index (χ4v) is 3.41. The van der Waals surface area contributed by atoms with E-state index >= 15 is 0 Å². The second-order valence-corrected chi connectivity index (χ2v) is 7.29. The van der Waals surface area contributed by atoms with Crippen LogP contribution in [-0.4, -0.2) is 26.4 Å². The number of aliphatic hydroxyl groups is 1. The van der Waals surface area contributed by atoms with Crippen LogP contribution in [0, 0.1) is 5.82 Å². The summed E-state index contributed by atoms with van der Waals surface area (Å²) in [6.07, 6.45) is 1.13. The number of pyridine rings is 1. The van der Waals surface area contributed by atoms with Gasteiger partial charge in [0.05, 0.1) is 5.69 Å². The Kier molecular flexibility index (Phi) is 6.06. The zero-order valence-electron chi connectivity index (χ0n) is 17.0. The van der Waals surface area contributed by atoms with E-state index in [-0.39, 0.29) is 18.0 Å². The Labute approximate surface area is 186 Å². The molecule has 0 aliphatic heterocycles. The van der Waals surface area contributed by atoms with Gasteiger partial charge in [0.15, 0.2) is 0 Å². The van der Waals surface area contributed by atoms with Gasteiger partial charge < -0.3 is 9.84 Å². The Morgan fingerprint density at radius 1 is 0.788 bits per heavy atom. The summed E-state index contributed by atoms with van der Waals surface area (Å²) in [5.41, 5.74) is 1.04. The molecule has 0 spiro atoms. The van der Waals surface area contributed by atoms with Crippen LogP contribution in [0.3, 0.4) is 0 Å². The molecule has 0 fully saturated rings. The molecule has 0 aliphatic rings. The van der Waals surface area contributed by atoms with Crippen LogP contribution in [0.25, 0.3) is 11.1 Å². The number of halogens is 4. The first-order valence-corrected chi connectivity index (χ1v) is 9.78. The second kappa shape index (κ2) is 8.95. The summed E-state index contributed by atoms with van der Waals surface area (Å²) in [6, 6.07) is 14.5. The average Bonchev–Trinajstić information content (AvgIpc) is 2.81. The molecule has 4 aromatic rings. The van der Waals surface area contributed by atoms with Gasteiger partial charge in [-0.05, 0) is 41.5 Å². The Morgan fingerprint density at radius 2 is 1.42 bits per heavy atom. The number of alkyl halides is 3. The van der Waals surface area contributed by atoms with Gasteiger partial charge in [0, 0.05) is 36.1 Å². The summed E-state index contributed by atoms with van der Waals surface area (Å²) >= 11 is 0. The van der Waals surface area contributed by atoms with Crippen molar-refractivity contribution in [3.8, 4) is 16.9 Å². The molecule has 168 valence electrons. The van der Waals surface area contributed by atoms with E-state index in [1.54, 1.807) is 24.3 Å². The molecular formula is C24H17F4N3O2. The zero-order chi connectivity index (χ0) is 23.5. The summed E-state index contributed by atoms with van der Waals surface area (Å²) in [4.78, 5) is 12.4. The van der Waals surface area contributed by atoms with Crippen LogP contribution in [-0.2, 0) is 12.0 Å². The van der Waals surface area contributed by atoms with E-state index in [4.69, 9.17) is 0 Å². The molecule has 0 aliphatic carbocycles. The van der Waals surface area contributed by atoms with Crippen molar-refractivity contribution in [2.75, 3.05) is 0 Å². The van der Waals surface area contributed by atoms with Crippen molar-refractivity contribution in [1.82, 2.24) is 15.0 Å². The molecule has 0 saturated heterocycles. The fraction of sp³-hybridized carbons (Fsp3) is 0.125. The van der Waals surface area contributed by atoms with Gasteiger partial charge in [0.1, 0.15) is 23.5 Å². The lowest BCUT2D eigenvalue weighted by Gasteiger charge is -2.28. The number of hydrogen-bond acceptors (Lipinski definition) is 5. The number of rotatable bonds is 6. The number of aromatic nitrogens is 3. The van der Waals surface area contributed by atoms with Crippen LogP contribution in [0.5, 0.6) is 5.75 Å². The fourth-order valence-electron chi connectivity index (χ4n) is 3.41. The van der Waals surface area contributed by atoms with E-state index < -0.39 is 12.0 Å². The van der Waals surface area contributed by atoms with Gasteiger partial charge in [-0.1, -0.05) is 30.3 Å². The third kappa shape index (κ3) is 5.32. The van der Waals surface area contributed by atoms with E-state index in [1.807, 2.05) is 0 Å². The summed E-state index contributed by atoms with van der Waals surface area (Å²) < 4.78 is 54.3. The van der Waals surface area contributed by atoms with E-state index in [0.717, 1.165) is 0 Å². The smallest absolute Gasteiger partial charge is 0.406 e. The quantitative estimate of drug-likeness (QED) is 0.412. The molecule has 33 heavy (non-hydrogen) atoms. The van der Waals surface area contributed by atoms with Crippen LogP contribution in [0.4, 0.5) is 17.6 Å². The molecule has 1 N–H and O–H groups in total. The van der Waals surface area contributed by atoms with E-state index in [0.29, 0.717) is 27.9 Å². The maximum Gasteiger partial charge on any atom is 0.573 e. The highest BCUT2D eigenvalue weighted by molar-refractivity contribution is 5.63. The van der Waals surface area contributed by atoms with Gasteiger partial charge >= 0.3 is 6.36 Å². The van der Waals surface area contributed by atoms with Gasteiger partial charge in [-0.15, -0.1) is 13.2 Å². The Bertz CT molecular complexity index is 1200. The molecule has 5 nitrogen and oxygen atoms in total. The van der Waals surface area contributed by atoms with Crippen molar-refractivity contribution in [2.24, 2.45) is 0 Å². The predicted octanol–water partition coefficient (Wildman–Crippen LogP) is 5.05. The van der Waals surface area contributed by atoms with Crippen molar-refractivity contribution in [1.29, 1.82) is 0 Å². The molecular weight excluding hydrogens is 438 g/mol. The minimum absolute atomic E-state index is 0.0937. The molecule has 2 heterocycles. The van der Waals surface area contributed by atoms with E-state index in [2.05, 4.69) is 19.7 Å². The van der Waals surface area contributed by atoms with Crippen molar-refractivity contribution >= 4 is 0 Å². The standard InChI is InChI=1S/C24H17F4N3O2/c25-20-6-1-16(2-7-20)11-23(32,19-13-29-15-30-14-19)22-10-5-18(12-31-22)17-3-8-21(9-4-17)33-24(26,27)28/h1-10,12-15,32H,11H2. The first-order valence-electron chi connectivity index (χ1n) is 9.78. The van der Waals surface area contributed by atoms with Gasteiger partial charge in [-0.3, -0.25) is 4.98 Å². The largest absolute Gasteiger partial charge is 0.573 e. The second-order valence-electron chi connectivity index (χ2n) is 7.29. The van der Waals surface area contributed by atoms with Crippen molar-refractivity contribution in [3.63, 3.8) is 0 Å². The molecule has 2 aromatic heterocycles. The lowest BCUT2D eigenvalue weighted by atomic mass is 9.85. The predicted molar refractivity (Wildman–Crippen MR) is 111 cm³/mol. The minimum Gasteiger partial charge on any atom is -0.406 e. The normalized spacial score (nSPS) is 13.4.